The lowest BCUT2D eigenvalue weighted by molar-refractivity contribution is -0.137. The van der Waals surface area contributed by atoms with Crippen LogP contribution < -0.4 is 5.32 Å². The van der Waals surface area contributed by atoms with Crippen LogP contribution in [0.25, 0.3) is 0 Å². The van der Waals surface area contributed by atoms with Gasteiger partial charge < -0.3 is 10.2 Å². The van der Waals surface area contributed by atoms with Gasteiger partial charge in [0.05, 0.1) is 22.6 Å². The fourth-order valence-corrected chi connectivity index (χ4v) is 4.07. The molecular formula is C18H23F3IN3O2S. The second-order valence-corrected chi connectivity index (χ2v) is 9.52. The molecule has 0 unspecified atom stereocenters. The zero-order valence-electron chi connectivity index (χ0n) is 15.8. The molecule has 0 saturated carbocycles. The Labute approximate surface area is 180 Å². The molecule has 0 amide bonds. The number of hydrogen-bond donors (Lipinski definition) is 1. The van der Waals surface area contributed by atoms with Crippen molar-refractivity contribution in [2.75, 3.05) is 32.4 Å². The highest BCUT2D eigenvalue weighted by atomic mass is 127. The largest absolute Gasteiger partial charge is 0.416 e. The summed E-state index contributed by atoms with van der Waals surface area (Å²) in [6, 6.07) is 4.82. The molecule has 1 aliphatic rings. The summed E-state index contributed by atoms with van der Waals surface area (Å²) in [6.45, 7) is 4.15. The molecule has 5 nitrogen and oxygen atoms in total. The summed E-state index contributed by atoms with van der Waals surface area (Å²) in [5.41, 5.74) is -0.471. The van der Waals surface area contributed by atoms with Crippen LogP contribution in [-0.4, -0.2) is 56.5 Å². The molecule has 10 heteroatoms. The fraction of sp³-hybridized carbons (Fsp3) is 0.500. The van der Waals surface area contributed by atoms with E-state index in [1.807, 2.05) is 4.90 Å². The van der Waals surface area contributed by atoms with Crippen LogP contribution in [0.3, 0.4) is 0 Å². The first-order valence-electron chi connectivity index (χ1n) is 8.30. The molecule has 1 saturated heterocycles. The van der Waals surface area contributed by atoms with Gasteiger partial charge in [0, 0.05) is 25.7 Å². The van der Waals surface area contributed by atoms with Gasteiger partial charge in [0.2, 0.25) is 0 Å². The van der Waals surface area contributed by atoms with Crippen molar-refractivity contribution < 1.29 is 21.6 Å². The molecule has 0 bridgehead atoms. The van der Waals surface area contributed by atoms with Crippen molar-refractivity contribution in [1.82, 2.24) is 10.2 Å². The molecule has 0 spiro atoms. The van der Waals surface area contributed by atoms with Crippen LogP contribution in [0.4, 0.5) is 13.2 Å². The van der Waals surface area contributed by atoms with E-state index in [4.69, 9.17) is 0 Å². The van der Waals surface area contributed by atoms with Gasteiger partial charge in [-0.05, 0) is 32.0 Å². The maximum absolute atomic E-state index is 12.7. The molecule has 0 radical (unpaired) electrons. The topological polar surface area (TPSA) is 61.8 Å². The third kappa shape index (κ3) is 6.01. The smallest absolute Gasteiger partial charge is 0.345 e. The van der Waals surface area contributed by atoms with E-state index in [0.717, 1.165) is 12.1 Å². The fourth-order valence-electron chi connectivity index (χ4n) is 2.70. The monoisotopic (exact) mass is 529 g/mol. The van der Waals surface area contributed by atoms with Gasteiger partial charge in [-0.3, -0.25) is 4.99 Å². The van der Waals surface area contributed by atoms with Crippen LogP contribution in [-0.2, 0) is 16.0 Å². The number of alkyl halides is 3. The summed E-state index contributed by atoms with van der Waals surface area (Å²) in [5.74, 6) is 6.00. The van der Waals surface area contributed by atoms with Crippen LogP contribution in [0.5, 0.6) is 0 Å². The van der Waals surface area contributed by atoms with Crippen LogP contribution in [0.15, 0.2) is 29.3 Å². The van der Waals surface area contributed by atoms with E-state index in [0.29, 0.717) is 19.0 Å². The predicted octanol–water partition coefficient (Wildman–Crippen LogP) is 2.76. The van der Waals surface area contributed by atoms with Crippen LogP contribution >= 0.6 is 24.0 Å². The molecule has 2 rings (SSSR count). The van der Waals surface area contributed by atoms with E-state index >= 15 is 0 Å². The zero-order chi connectivity index (χ0) is 20.3. The SMILES string of the molecule is CN=C(NCC#Cc1cccc(C(F)(F)F)c1)N1CCS(=O)(=O)C(C)(C)C1.I. The highest BCUT2D eigenvalue weighted by molar-refractivity contribution is 14.0. The molecule has 1 heterocycles. The van der Waals surface area contributed by atoms with Gasteiger partial charge >= 0.3 is 6.18 Å². The Kier molecular flexibility index (Phi) is 8.20. The summed E-state index contributed by atoms with van der Waals surface area (Å²) in [4.78, 5) is 5.98. The Morgan fingerprint density at radius 3 is 2.61 bits per heavy atom. The van der Waals surface area contributed by atoms with E-state index in [-0.39, 0.29) is 41.8 Å². The van der Waals surface area contributed by atoms with Gasteiger partial charge in [-0.2, -0.15) is 13.2 Å². The van der Waals surface area contributed by atoms with Crippen molar-refractivity contribution >= 4 is 39.8 Å². The molecule has 0 atom stereocenters. The van der Waals surface area contributed by atoms with Crippen molar-refractivity contribution in [2.45, 2.75) is 24.8 Å². The van der Waals surface area contributed by atoms with Gasteiger partial charge in [-0.1, -0.05) is 17.9 Å². The average molecular weight is 529 g/mol. The molecule has 0 aromatic heterocycles. The van der Waals surface area contributed by atoms with Crippen molar-refractivity contribution in [3.63, 3.8) is 0 Å². The Hall–Kier alpha value is -1.48. The Morgan fingerprint density at radius 2 is 2.04 bits per heavy atom. The van der Waals surface area contributed by atoms with E-state index < -0.39 is 26.3 Å². The maximum atomic E-state index is 12.7. The molecule has 0 aliphatic carbocycles. The van der Waals surface area contributed by atoms with Gasteiger partial charge in [-0.15, -0.1) is 24.0 Å². The third-order valence-electron chi connectivity index (χ3n) is 4.31. The third-order valence-corrected chi connectivity index (χ3v) is 6.85. The summed E-state index contributed by atoms with van der Waals surface area (Å²) < 4.78 is 61.4. The molecule has 1 aromatic carbocycles. The maximum Gasteiger partial charge on any atom is 0.416 e. The second kappa shape index (κ2) is 9.35. The van der Waals surface area contributed by atoms with E-state index in [1.165, 1.54) is 12.1 Å². The Morgan fingerprint density at radius 1 is 1.36 bits per heavy atom. The standard InChI is InChI=1S/C18H22F3N3O2S.HI/c1-17(2)13-24(10-11-27(17,25)26)16(22-3)23-9-5-7-14-6-4-8-15(12-14)18(19,20)21;/h4,6,8,12H,9-11,13H2,1-3H3,(H,22,23);1H. The minimum absolute atomic E-state index is 0. The zero-order valence-corrected chi connectivity index (χ0v) is 18.9. The Balaban J connectivity index is 0.00000392. The number of aliphatic imine (C=N–C) groups is 1. The minimum Gasteiger partial charge on any atom is -0.345 e. The number of rotatable bonds is 1. The predicted molar refractivity (Wildman–Crippen MR) is 115 cm³/mol. The lowest BCUT2D eigenvalue weighted by atomic mass is 10.1. The quantitative estimate of drug-likeness (QED) is 0.263. The molecule has 1 N–H and O–H groups in total. The molecule has 1 fully saturated rings. The second-order valence-electron chi connectivity index (χ2n) is 6.78. The number of hydrogen-bond acceptors (Lipinski definition) is 3. The first-order chi connectivity index (χ1) is 12.5. The van der Waals surface area contributed by atoms with E-state index in [1.54, 1.807) is 20.9 Å². The van der Waals surface area contributed by atoms with Crippen molar-refractivity contribution in [1.29, 1.82) is 0 Å². The lowest BCUT2D eigenvalue weighted by Gasteiger charge is -2.39. The number of halogens is 4. The van der Waals surface area contributed by atoms with Crippen molar-refractivity contribution in [2.24, 2.45) is 4.99 Å². The van der Waals surface area contributed by atoms with E-state index in [9.17, 15) is 21.6 Å². The van der Waals surface area contributed by atoms with Crippen LogP contribution in [0.2, 0.25) is 0 Å². The summed E-state index contributed by atoms with van der Waals surface area (Å²) in [5, 5.41) is 3.00. The molecule has 1 aromatic rings. The van der Waals surface area contributed by atoms with Gasteiger partial charge in [0.1, 0.15) is 0 Å². The molecule has 1 aliphatic heterocycles. The number of nitrogens with zero attached hydrogens (tertiary/aromatic N) is 2. The summed E-state index contributed by atoms with van der Waals surface area (Å²) in [7, 11) is -1.58. The summed E-state index contributed by atoms with van der Waals surface area (Å²) in [6.07, 6.45) is -4.40. The molecule has 28 heavy (non-hydrogen) atoms. The van der Waals surface area contributed by atoms with Crippen molar-refractivity contribution in [3.8, 4) is 11.8 Å². The Bertz CT molecular complexity index is 887. The van der Waals surface area contributed by atoms with Crippen molar-refractivity contribution in [3.05, 3.63) is 35.4 Å². The van der Waals surface area contributed by atoms with Gasteiger partial charge in [0.15, 0.2) is 15.8 Å². The van der Waals surface area contributed by atoms with Crippen LogP contribution in [0, 0.1) is 11.8 Å². The van der Waals surface area contributed by atoms with E-state index in [2.05, 4.69) is 22.2 Å². The number of guanidine groups is 1. The average Bonchev–Trinajstić information content (AvgIpc) is 2.57. The molecule has 156 valence electrons. The minimum atomic E-state index is -4.40. The highest BCUT2D eigenvalue weighted by Gasteiger charge is 2.40. The highest BCUT2D eigenvalue weighted by Crippen LogP contribution is 2.29. The number of benzene rings is 1. The van der Waals surface area contributed by atoms with Gasteiger partial charge in [-0.25, -0.2) is 8.42 Å². The normalized spacial score (nSPS) is 18.5. The number of sulfone groups is 1. The lowest BCUT2D eigenvalue weighted by Crippen LogP contribution is -2.57. The summed E-state index contributed by atoms with van der Waals surface area (Å²) >= 11 is 0. The van der Waals surface area contributed by atoms with Crippen LogP contribution in [0.1, 0.15) is 25.0 Å². The number of nitrogens with one attached hydrogen (secondary N) is 1. The van der Waals surface area contributed by atoms with Gasteiger partial charge in [0.25, 0.3) is 0 Å². The molecular weight excluding hydrogens is 506 g/mol. The first kappa shape index (κ1) is 24.6. The first-order valence-corrected chi connectivity index (χ1v) is 9.95.